The minimum atomic E-state index is 0.355. The molecule has 0 aliphatic heterocycles. The van der Waals surface area contributed by atoms with Crippen LogP contribution in [0.2, 0.25) is 0 Å². The van der Waals surface area contributed by atoms with E-state index in [0.717, 1.165) is 17.8 Å². The molecule has 0 radical (unpaired) electrons. The Bertz CT molecular complexity index is 828. The van der Waals surface area contributed by atoms with E-state index in [1.54, 1.807) is 17.2 Å². The largest absolute Gasteiger partial charge is 0.272 e. The van der Waals surface area contributed by atoms with Gasteiger partial charge in [0, 0.05) is 25.1 Å². The first kappa shape index (κ1) is 16.4. The first-order valence-corrected chi connectivity index (χ1v) is 9.50. The van der Waals surface area contributed by atoms with E-state index in [9.17, 15) is 0 Å². The predicted octanol–water partition coefficient (Wildman–Crippen LogP) is 4.52. The molecule has 0 amide bonds. The van der Waals surface area contributed by atoms with Crippen LogP contribution in [0, 0.1) is 23.2 Å². The zero-order valence-corrected chi connectivity index (χ0v) is 15.5. The van der Waals surface area contributed by atoms with Crippen molar-refractivity contribution in [3.05, 3.63) is 52.8 Å². The summed E-state index contributed by atoms with van der Waals surface area (Å²) in [7, 11) is 2.13. The molecule has 0 N–H and O–H groups in total. The highest BCUT2D eigenvalue weighted by Crippen LogP contribution is 2.59. The number of hydrogen-bond acceptors (Lipinski definition) is 2. The van der Waals surface area contributed by atoms with Gasteiger partial charge in [0.1, 0.15) is 0 Å². The van der Waals surface area contributed by atoms with Crippen LogP contribution in [0.15, 0.2) is 30.5 Å². The van der Waals surface area contributed by atoms with Crippen LogP contribution in [0.4, 0.5) is 0 Å². The van der Waals surface area contributed by atoms with Crippen molar-refractivity contribution in [1.29, 1.82) is 5.26 Å². The Hall–Kier alpha value is -2.08. The molecule has 0 bridgehead atoms. The molecule has 4 unspecified atom stereocenters. The van der Waals surface area contributed by atoms with Crippen molar-refractivity contribution in [3.8, 4) is 6.07 Å². The van der Waals surface area contributed by atoms with Crippen LogP contribution in [0.1, 0.15) is 61.4 Å². The highest BCUT2D eigenvalue weighted by molar-refractivity contribution is 5.40. The first-order chi connectivity index (χ1) is 12.1. The van der Waals surface area contributed by atoms with Crippen LogP contribution in [-0.2, 0) is 25.3 Å². The first-order valence-electron chi connectivity index (χ1n) is 9.50. The summed E-state index contributed by atoms with van der Waals surface area (Å²) in [5.41, 5.74) is 6.69. The average molecular weight is 333 g/mol. The fourth-order valence-corrected chi connectivity index (χ4v) is 6.12. The average Bonchev–Trinajstić information content (AvgIpc) is 3.13. The molecule has 3 aliphatic carbocycles. The van der Waals surface area contributed by atoms with Crippen molar-refractivity contribution in [1.82, 2.24) is 9.78 Å². The third-order valence-electron chi connectivity index (χ3n) is 7.02. The topological polar surface area (TPSA) is 41.6 Å². The van der Waals surface area contributed by atoms with Crippen molar-refractivity contribution < 1.29 is 0 Å². The summed E-state index contributed by atoms with van der Waals surface area (Å²) in [5.74, 6) is 2.48. The summed E-state index contributed by atoms with van der Waals surface area (Å²) in [6, 6.07) is 11.0. The summed E-state index contributed by atoms with van der Waals surface area (Å²) in [6.07, 6.45) is 8.70. The zero-order valence-electron chi connectivity index (χ0n) is 15.5. The lowest BCUT2D eigenvalue weighted by Crippen LogP contribution is -2.44. The molecular weight excluding hydrogens is 306 g/mol. The van der Waals surface area contributed by atoms with Crippen LogP contribution in [0.5, 0.6) is 0 Å². The molecule has 1 fully saturated rings. The number of aromatic nitrogens is 2. The van der Waals surface area contributed by atoms with Crippen molar-refractivity contribution >= 4 is 0 Å². The van der Waals surface area contributed by atoms with Gasteiger partial charge < -0.3 is 0 Å². The van der Waals surface area contributed by atoms with E-state index in [1.807, 2.05) is 0 Å². The molecule has 0 spiro atoms. The van der Waals surface area contributed by atoms with Gasteiger partial charge in [0.25, 0.3) is 0 Å². The number of nitrogens with zero attached hydrogens (tertiary/aromatic N) is 3. The molecule has 1 aromatic carbocycles. The zero-order chi connectivity index (χ0) is 17.6. The quantitative estimate of drug-likeness (QED) is 0.711. The van der Waals surface area contributed by atoms with E-state index in [-0.39, 0.29) is 0 Å². The van der Waals surface area contributed by atoms with Crippen LogP contribution in [0.3, 0.4) is 0 Å². The van der Waals surface area contributed by atoms with E-state index in [4.69, 9.17) is 5.26 Å². The summed E-state index contributed by atoms with van der Waals surface area (Å²) >= 11 is 0. The Kier molecular flexibility index (Phi) is 3.95. The molecule has 2 aromatic rings. The van der Waals surface area contributed by atoms with Gasteiger partial charge >= 0.3 is 0 Å². The maximum atomic E-state index is 7.32. The predicted molar refractivity (Wildman–Crippen MR) is 99.3 cm³/mol. The van der Waals surface area contributed by atoms with Crippen molar-refractivity contribution in [2.24, 2.45) is 18.9 Å². The van der Waals surface area contributed by atoms with Crippen molar-refractivity contribution in [3.63, 3.8) is 0 Å². The van der Waals surface area contributed by atoms with Gasteiger partial charge in [0.05, 0.1) is 12.3 Å². The maximum Gasteiger partial charge on any atom is 0.0587 e. The fourth-order valence-electron chi connectivity index (χ4n) is 6.12. The standard InChI is InChI=1S/C20H24N2.C2H3N/c1-20-10-9-16-15-6-4-3-5-13(15)7-8-17(16)18(20)11-14-12-21-22(2)19(14)20;1-2-3/h3-6,12,16-18H,7-11H2,1-2H3;1H3. The van der Waals surface area contributed by atoms with E-state index >= 15 is 0 Å². The van der Waals surface area contributed by atoms with Crippen LogP contribution in [0.25, 0.3) is 0 Å². The van der Waals surface area contributed by atoms with Gasteiger partial charge in [-0.2, -0.15) is 10.4 Å². The molecule has 3 nitrogen and oxygen atoms in total. The minimum absolute atomic E-state index is 0.355. The Morgan fingerprint density at radius 2 is 2.00 bits per heavy atom. The molecular formula is C22H27N3. The Morgan fingerprint density at radius 1 is 1.24 bits per heavy atom. The van der Waals surface area contributed by atoms with E-state index in [0.29, 0.717) is 5.41 Å². The molecule has 25 heavy (non-hydrogen) atoms. The molecule has 0 saturated heterocycles. The van der Waals surface area contributed by atoms with Crippen LogP contribution >= 0.6 is 0 Å². The Morgan fingerprint density at radius 3 is 2.80 bits per heavy atom. The summed E-state index contributed by atoms with van der Waals surface area (Å²) in [6.45, 7) is 3.95. The van der Waals surface area contributed by atoms with Gasteiger partial charge in [-0.25, -0.2) is 0 Å². The van der Waals surface area contributed by atoms with E-state index in [1.165, 1.54) is 50.3 Å². The lowest BCUT2D eigenvalue weighted by Gasteiger charge is -2.49. The Labute approximate surface area is 150 Å². The van der Waals surface area contributed by atoms with Gasteiger partial charge in [-0.3, -0.25) is 4.68 Å². The summed E-state index contributed by atoms with van der Waals surface area (Å²) in [4.78, 5) is 0. The number of benzene rings is 1. The summed E-state index contributed by atoms with van der Waals surface area (Å²) in [5, 5.41) is 11.9. The van der Waals surface area contributed by atoms with Crippen LogP contribution in [-0.4, -0.2) is 9.78 Å². The maximum absolute atomic E-state index is 7.32. The second kappa shape index (κ2) is 6.02. The third kappa shape index (κ3) is 2.34. The minimum Gasteiger partial charge on any atom is -0.272 e. The molecule has 3 heteroatoms. The smallest absolute Gasteiger partial charge is 0.0587 e. The van der Waals surface area contributed by atoms with Crippen molar-refractivity contribution in [2.45, 2.75) is 57.3 Å². The number of nitriles is 1. The molecule has 3 aliphatic rings. The monoisotopic (exact) mass is 333 g/mol. The molecule has 130 valence electrons. The molecule has 1 aromatic heterocycles. The molecule has 1 heterocycles. The third-order valence-corrected chi connectivity index (χ3v) is 7.02. The van der Waals surface area contributed by atoms with Gasteiger partial charge in [-0.05, 0) is 66.5 Å². The molecule has 5 rings (SSSR count). The molecule has 1 saturated carbocycles. The Balaban J connectivity index is 0.000000490. The van der Waals surface area contributed by atoms with E-state index < -0.39 is 0 Å². The van der Waals surface area contributed by atoms with Gasteiger partial charge in [-0.1, -0.05) is 31.2 Å². The molecule has 4 atom stereocenters. The normalized spacial score (nSPS) is 31.5. The summed E-state index contributed by atoms with van der Waals surface area (Å²) < 4.78 is 2.16. The SMILES string of the molecule is CC#N.Cn1ncc2c1C1(C)CCC3c4ccccc4CCC3C1C2. The van der Waals surface area contributed by atoms with Crippen LogP contribution < -0.4 is 0 Å². The number of rotatable bonds is 0. The number of aryl methyl sites for hydroxylation is 2. The second-order valence-corrected chi connectivity index (χ2v) is 8.14. The van der Waals surface area contributed by atoms with Gasteiger partial charge in [0.15, 0.2) is 0 Å². The van der Waals surface area contributed by atoms with Gasteiger partial charge in [-0.15, -0.1) is 0 Å². The lowest BCUT2D eigenvalue weighted by atomic mass is 9.55. The lowest BCUT2D eigenvalue weighted by molar-refractivity contribution is 0.101. The fraction of sp³-hybridized carbons (Fsp3) is 0.545. The number of fused-ring (bicyclic) bond motifs is 7. The van der Waals surface area contributed by atoms with Gasteiger partial charge in [0.2, 0.25) is 0 Å². The highest BCUT2D eigenvalue weighted by atomic mass is 15.3. The van der Waals surface area contributed by atoms with Crippen molar-refractivity contribution in [2.75, 3.05) is 0 Å². The number of hydrogen-bond donors (Lipinski definition) is 0. The highest BCUT2D eigenvalue weighted by Gasteiger charge is 2.54. The second-order valence-electron chi connectivity index (χ2n) is 8.14. The van der Waals surface area contributed by atoms with E-state index in [2.05, 4.69) is 54.2 Å².